The van der Waals surface area contributed by atoms with Crippen molar-refractivity contribution < 1.29 is 23.8 Å². The highest BCUT2D eigenvalue weighted by Gasteiger charge is 2.22. The average molecular weight is 490 g/mol. The monoisotopic (exact) mass is 489 g/mol. The fourth-order valence-corrected chi connectivity index (χ4v) is 4.00. The molecule has 3 aromatic rings. The fraction of sp³-hybridized carbons (Fsp3) is 0.435. The van der Waals surface area contributed by atoms with Gasteiger partial charge in [0.1, 0.15) is 11.4 Å². The minimum atomic E-state index is -0.587. The van der Waals surface area contributed by atoms with Crippen LogP contribution in [0.25, 0.3) is 22.2 Å². The zero-order valence-corrected chi connectivity index (χ0v) is 20.4. The third-order valence-electron chi connectivity index (χ3n) is 5.70. The third-order valence-corrected chi connectivity index (χ3v) is 5.70. The van der Waals surface area contributed by atoms with Crippen LogP contribution in [0.3, 0.4) is 0 Å². The number of aliphatic hydroxyl groups excluding tert-OH is 1. The Hall–Kier alpha value is -3.48. The zero-order chi connectivity index (χ0) is 25.4. The van der Waals surface area contributed by atoms with Gasteiger partial charge in [-0.05, 0) is 12.1 Å². The summed E-state index contributed by atoms with van der Waals surface area (Å²) in [6.07, 6.45) is 2.72. The van der Waals surface area contributed by atoms with Crippen LogP contribution in [0.5, 0.6) is 11.6 Å². The Kier molecular flexibility index (Phi) is 9.18. The molecule has 35 heavy (non-hydrogen) atoms. The van der Waals surface area contributed by atoms with E-state index in [1.165, 1.54) is 14.2 Å². The van der Waals surface area contributed by atoms with Crippen LogP contribution >= 0.6 is 0 Å². The average Bonchev–Trinajstić information content (AvgIpc) is 3.20. The molecule has 0 bridgehead atoms. The van der Waals surface area contributed by atoms with Crippen LogP contribution in [-0.4, -0.2) is 91.2 Å². The molecule has 1 saturated heterocycles. The van der Waals surface area contributed by atoms with Crippen molar-refractivity contribution >= 4 is 22.8 Å². The van der Waals surface area contributed by atoms with E-state index in [1.807, 2.05) is 17.7 Å². The van der Waals surface area contributed by atoms with Gasteiger partial charge in [0, 0.05) is 58.8 Å². The molecule has 0 saturated carbocycles. The lowest BCUT2D eigenvalue weighted by Crippen LogP contribution is -2.46. The maximum Gasteiger partial charge on any atom is 0.320 e. The van der Waals surface area contributed by atoms with Crippen molar-refractivity contribution in [3.63, 3.8) is 0 Å². The maximum absolute atomic E-state index is 14.3. The van der Waals surface area contributed by atoms with Crippen molar-refractivity contribution in [2.75, 3.05) is 65.9 Å². The fourth-order valence-electron chi connectivity index (χ4n) is 4.00. The highest BCUT2D eigenvalue weighted by atomic mass is 19.1. The van der Waals surface area contributed by atoms with Crippen LogP contribution in [-0.2, 0) is 7.05 Å². The van der Waals surface area contributed by atoms with Gasteiger partial charge in [-0.15, -0.1) is 0 Å². The van der Waals surface area contributed by atoms with E-state index in [4.69, 9.17) is 14.6 Å². The molecule has 0 aromatic carbocycles. The van der Waals surface area contributed by atoms with Gasteiger partial charge in [0.15, 0.2) is 11.6 Å². The van der Waals surface area contributed by atoms with E-state index in [2.05, 4.69) is 30.8 Å². The van der Waals surface area contributed by atoms with E-state index in [9.17, 15) is 9.18 Å². The van der Waals surface area contributed by atoms with Gasteiger partial charge in [0.25, 0.3) is 0 Å². The SMILES string of the molecule is CO.COc1ncc(F)c(OC)c1-c1cc2cc(NC(=O)NCCN3CCNCC3)ncc2n1C. The molecule has 11 nitrogen and oxygen atoms in total. The van der Waals surface area contributed by atoms with Crippen molar-refractivity contribution in [2.45, 2.75) is 0 Å². The van der Waals surface area contributed by atoms with E-state index in [-0.39, 0.29) is 17.7 Å². The minimum Gasteiger partial charge on any atom is -0.493 e. The van der Waals surface area contributed by atoms with Gasteiger partial charge < -0.3 is 29.8 Å². The van der Waals surface area contributed by atoms with Crippen LogP contribution in [0.1, 0.15) is 0 Å². The quantitative estimate of drug-likeness (QED) is 0.393. The highest BCUT2D eigenvalue weighted by molar-refractivity contribution is 5.94. The summed E-state index contributed by atoms with van der Waals surface area (Å²) < 4.78 is 26.8. The summed E-state index contributed by atoms with van der Waals surface area (Å²) in [7, 11) is 5.70. The number of aryl methyl sites for hydroxylation is 1. The summed E-state index contributed by atoms with van der Waals surface area (Å²) in [4.78, 5) is 23.0. The Balaban J connectivity index is 0.00000167. The first-order valence-electron chi connectivity index (χ1n) is 11.2. The molecule has 0 atom stereocenters. The summed E-state index contributed by atoms with van der Waals surface area (Å²) in [5.74, 6) is 0.115. The number of amides is 2. The highest BCUT2D eigenvalue weighted by Crippen LogP contribution is 2.40. The van der Waals surface area contributed by atoms with Crippen LogP contribution in [0.2, 0.25) is 0 Å². The van der Waals surface area contributed by atoms with E-state index < -0.39 is 5.82 Å². The number of rotatable bonds is 7. The molecule has 1 aliphatic heterocycles. The van der Waals surface area contributed by atoms with Gasteiger partial charge in [-0.25, -0.2) is 19.2 Å². The molecule has 4 rings (SSSR count). The molecule has 12 heteroatoms. The number of halogens is 1. The van der Waals surface area contributed by atoms with Crippen molar-refractivity contribution in [1.82, 2.24) is 30.1 Å². The van der Waals surface area contributed by atoms with E-state index in [0.29, 0.717) is 23.6 Å². The van der Waals surface area contributed by atoms with Crippen molar-refractivity contribution in [3.05, 3.63) is 30.3 Å². The molecule has 2 amide bonds. The largest absolute Gasteiger partial charge is 0.493 e. The molecule has 190 valence electrons. The van der Waals surface area contributed by atoms with Gasteiger partial charge in [-0.1, -0.05) is 0 Å². The van der Waals surface area contributed by atoms with E-state index in [1.54, 1.807) is 12.3 Å². The van der Waals surface area contributed by atoms with Gasteiger partial charge >= 0.3 is 6.03 Å². The summed E-state index contributed by atoms with van der Waals surface area (Å²) in [6.45, 7) is 5.25. The van der Waals surface area contributed by atoms with Gasteiger partial charge in [0.05, 0.1) is 37.8 Å². The minimum absolute atomic E-state index is 0.0444. The van der Waals surface area contributed by atoms with Crippen LogP contribution in [0.4, 0.5) is 15.0 Å². The second-order valence-electron chi connectivity index (χ2n) is 7.71. The number of pyridine rings is 2. The van der Waals surface area contributed by atoms with Crippen molar-refractivity contribution in [3.8, 4) is 22.9 Å². The molecule has 3 aromatic heterocycles. The number of nitrogens with zero attached hydrogens (tertiary/aromatic N) is 4. The number of carbonyl (C=O) groups excluding carboxylic acids is 1. The number of aliphatic hydroxyl groups is 1. The number of aromatic nitrogens is 3. The third kappa shape index (κ3) is 5.96. The van der Waals surface area contributed by atoms with Gasteiger partial charge in [-0.3, -0.25) is 10.2 Å². The molecular weight excluding hydrogens is 457 g/mol. The molecule has 0 aliphatic carbocycles. The van der Waals surface area contributed by atoms with Crippen LogP contribution in [0, 0.1) is 5.82 Å². The number of anilines is 1. The Morgan fingerprint density at radius 1 is 1.17 bits per heavy atom. The lowest BCUT2D eigenvalue weighted by molar-refractivity contribution is 0.233. The summed E-state index contributed by atoms with van der Waals surface area (Å²) in [5.41, 5.74) is 1.84. The van der Waals surface area contributed by atoms with Gasteiger partial charge in [0.2, 0.25) is 5.88 Å². The number of methoxy groups -OCH3 is 2. The first-order chi connectivity index (χ1) is 17.0. The summed E-state index contributed by atoms with van der Waals surface area (Å²) in [5, 5.41) is 16.8. The Morgan fingerprint density at radius 3 is 2.60 bits per heavy atom. The zero-order valence-electron chi connectivity index (χ0n) is 20.4. The van der Waals surface area contributed by atoms with Crippen LogP contribution in [0.15, 0.2) is 24.5 Å². The summed E-state index contributed by atoms with van der Waals surface area (Å²) >= 11 is 0. The molecular formula is C23H32FN7O4. The lowest BCUT2D eigenvalue weighted by Gasteiger charge is -2.27. The lowest BCUT2D eigenvalue weighted by atomic mass is 10.1. The van der Waals surface area contributed by atoms with Crippen LogP contribution < -0.4 is 25.4 Å². The maximum atomic E-state index is 14.3. The molecule has 0 radical (unpaired) electrons. The Labute approximate surface area is 203 Å². The molecule has 1 aliphatic rings. The Bertz CT molecular complexity index is 1150. The number of carbonyl (C=O) groups is 1. The second kappa shape index (κ2) is 12.3. The number of hydrogen-bond acceptors (Lipinski definition) is 8. The summed E-state index contributed by atoms with van der Waals surface area (Å²) in [6, 6.07) is 3.30. The number of urea groups is 1. The number of ether oxygens (including phenoxy) is 2. The number of nitrogens with one attached hydrogen (secondary N) is 3. The molecule has 0 spiro atoms. The molecule has 1 fully saturated rings. The topological polar surface area (TPSA) is 126 Å². The first kappa shape index (κ1) is 26.1. The van der Waals surface area contributed by atoms with E-state index >= 15 is 0 Å². The van der Waals surface area contributed by atoms with Crippen molar-refractivity contribution in [1.29, 1.82) is 0 Å². The van der Waals surface area contributed by atoms with Crippen molar-refractivity contribution in [2.24, 2.45) is 7.05 Å². The standard InChI is InChI=1S/C22H28FN7O3.CH4O/c1-29-16(19-20(32-2)15(23)12-27-21(19)33-3)10-14-11-18(26-13-17(14)29)28-22(31)25-6-9-30-7-4-24-5-8-30;1-2/h10-13,24H,4-9H2,1-3H3,(H2,25,26,28,31);2H,1H3. The first-order valence-corrected chi connectivity index (χ1v) is 11.2. The molecule has 4 heterocycles. The normalized spacial score (nSPS) is 13.7. The second-order valence-corrected chi connectivity index (χ2v) is 7.71. The smallest absolute Gasteiger partial charge is 0.320 e. The predicted molar refractivity (Wildman–Crippen MR) is 131 cm³/mol. The molecule has 0 unspecified atom stereocenters. The number of fused-ring (bicyclic) bond motifs is 1. The Morgan fingerprint density at radius 2 is 1.91 bits per heavy atom. The van der Waals surface area contributed by atoms with Gasteiger partial charge in [-0.2, -0.15) is 0 Å². The molecule has 4 N–H and O–H groups in total. The number of piperazine rings is 1. The predicted octanol–water partition coefficient (Wildman–Crippen LogP) is 1.43. The van der Waals surface area contributed by atoms with E-state index in [0.717, 1.165) is 56.9 Å². The number of hydrogen-bond donors (Lipinski definition) is 4.